The van der Waals surface area contributed by atoms with Crippen molar-refractivity contribution in [3.05, 3.63) is 58.3 Å². The Morgan fingerprint density at radius 2 is 2.16 bits per heavy atom. The van der Waals surface area contributed by atoms with E-state index in [0.717, 1.165) is 26.1 Å². The van der Waals surface area contributed by atoms with E-state index >= 15 is 0 Å². The lowest BCUT2D eigenvalue weighted by Crippen LogP contribution is -2.46. The van der Waals surface area contributed by atoms with Crippen LogP contribution in [0.2, 0.25) is 0 Å². The van der Waals surface area contributed by atoms with Crippen LogP contribution in [0.1, 0.15) is 35.7 Å². The molecule has 2 heterocycles. The van der Waals surface area contributed by atoms with E-state index in [-0.39, 0.29) is 12.0 Å². The molecule has 2 aromatic rings. The van der Waals surface area contributed by atoms with Crippen molar-refractivity contribution in [3.63, 3.8) is 0 Å². The fourth-order valence-corrected chi connectivity index (χ4v) is 4.23. The molecule has 2 atom stereocenters. The first-order valence-electron chi connectivity index (χ1n) is 8.87. The topological polar surface area (TPSA) is 41.6 Å². The molecule has 25 heavy (non-hydrogen) atoms. The normalized spacial score (nSPS) is 19.5. The van der Waals surface area contributed by atoms with E-state index in [0.29, 0.717) is 12.5 Å². The number of carbonyl (C=O) groups is 1. The Hall–Kier alpha value is -1.69. The van der Waals surface area contributed by atoms with Crippen LogP contribution in [0.5, 0.6) is 0 Å². The molecule has 1 aliphatic heterocycles. The molecule has 1 saturated heterocycles. The van der Waals surface area contributed by atoms with E-state index in [2.05, 4.69) is 52.0 Å². The number of likely N-dealkylation sites (tertiary alicyclic amines) is 1. The average molecular weight is 359 g/mol. The number of nitrogens with zero attached hydrogens (tertiary/aromatic N) is 1. The minimum absolute atomic E-state index is 0.0362. The molecule has 1 N–H and O–H groups in total. The molecule has 3 rings (SSSR count). The van der Waals surface area contributed by atoms with Crippen LogP contribution in [-0.4, -0.2) is 37.1 Å². The molecule has 1 aliphatic rings. The predicted molar refractivity (Wildman–Crippen MR) is 102 cm³/mol. The highest BCUT2D eigenvalue weighted by molar-refractivity contribution is 7.10. The van der Waals surface area contributed by atoms with E-state index in [4.69, 9.17) is 4.74 Å². The Morgan fingerprint density at radius 1 is 1.32 bits per heavy atom. The van der Waals surface area contributed by atoms with Crippen molar-refractivity contribution in [1.29, 1.82) is 0 Å². The maximum absolute atomic E-state index is 11.8. The molecule has 0 radical (unpaired) electrons. The number of hydrogen-bond acceptors (Lipinski definition) is 5. The van der Waals surface area contributed by atoms with Gasteiger partial charge in [0.2, 0.25) is 0 Å². The zero-order valence-electron chi connectivity index (χ0n) is 14.7. The number of benzene rings is 1. The van der Waals surface area contributed by atoms with Gasteiger partial charge < -0.3 is 10.1 Å². The maximum atomic E-state index is 11.8. The molecule has 0 saturated carbocycles. The van der Waals surface area contributed by atoms with Gasteiger partial charge >= 0.3 is 5.97 Å². The number of esters is 1. The van der Waals surface area contributed by atoms with E-state index < -0.39 is 0 Å². The van der Waals surface area contributed by atoms with Gasteiger partial charge in [0.05, 0.1) is 19.6 Å². The van der Waals surface area contributed by atoms with Gasteiger partial charge in [-0.3, -0.25) is 9.69 Å². The fraction of sp³-hybridized carbons (Fsp3) is 0.450. The highest BCUT2D eigenvalue weighted by Crippen LogP contribution is 2.25. The molecule has 0 spiro atoms. The molecule has 1 aromatic heterocycles. The van der Waals surface area contributed by atoms with E-state index in [1.807, 2.05) is 6.07 Å². The van der Waals surface area contributed by atoms with Crippen molar-refractivity contribution >= 4 is 17.3 Å². The summed E-state index contributed by atoms with van der Waals surface area (Å²) in [7, 11) is 1.45. The Bertz CT molecular complexity index is 645. The summed E-state index contributed by atoms with van der Waals surface area (Å²) >= 11 is 1.69. The summed E-state index contributed by atoms with van der Waals surface area (Å²) in [4.78, 5) is 15.5. The highest BCUT2D eigenvalue weighted by Gasteiger charge is 2.25. The highest BCUT2D eigenvalue weighted by atomic mass is 32.1. The van der Waals surface area contributed by atoms with Gasteiger partial charge in [0, 0.05) is 24.0 Å². The van der Waals surface area contributed by atoms with E-state index in [1.165, 1.54) is 24.0 Å². The summed E-state index contributed by atoms with van der Waals surface area (Å²) in [6.07, 6.45) is 2.71. The lowest BCUT2D eigenvalue weighted by atomic mass is 10.0. The quantitative estimate of drug-likeness (QED) is 0.768. The molecule has 4 nitrogen and oxygen atoms in total. The maximum Gasteiger partial charge on any atom is 0.307 e. The predicted octanol–water partition coefficient (Wildman–Crippen LogP) is 3.61. The fourth-order valence-electron chi connectivity index (χ4n) is 3.44. The van der Waals surface area contributed by atoms with Crippen LogP contribution in [-0.2, 0) is 16.1 Å². The number of rotatable bonds is 7. The third-order valence-corrected chi connectivity index (χ3v) is 5.66. The second-order valence-electron chi connectivity index (χ2n) is 6.57. The molecule has 2 unspecified atom stereocenters. The van der Waals surface area contributed by atoms with E-state index in [1.54, 1.807) is 11.3 Å². The minimum Gasteiger partial charge on any atom is -0.469 e. The summed E-state index contributed by atoms with van der Waals surface area (Å²) < 4.78 is 4.88. The zero-order chi connectivity index (χ0) is 17.5. The van der Waals surface area contributed by atoms with Crippen LogP contribution in [0.3, 0.4) is 0 Å². The second-order valence-corrected chi connectivity index (χ2v) is 7.55. The van der Waals surface area contributed by atoms with Crippen molar-refractivity contribution in [2.75, 3.05) is 20.2 Å². The average Bonchev–Trinajstić information content (AvgIpc) is 3.17. The van der Waals surface area contributed by atoms with Gasteiger partial charge in [-0.05, 0) is 36.4 Å². The molecule has 1 fully saturated rings. The van der Waals surface area contributed by atoms with Crippen molar-refractivity contribution in [1.82, 2.24) is 10.2 Å². The van der Waals surface area contributed by atoms with Crippen LogP contribution in [0.4, 0.5) is 0 Å². The molecule has 0 aliphatic carbocycles. The number of methoxy groups -OCH3 is 1. The summed E-state index contributed by atoms with van der Waals surface area (Å²) in [5, 5.41) is 5.77. The Labute approximate surface area is 153 Å². The molecule has 1 aromatic carbocycles. The van der Waals surface area contributed by atoms with Gasteiger partial charge in [-0.2, -0.15) is 0 Å². The SMILES string of the molecule is COC(=O)CC(NC1CCCN(Cc2ccccc2)C1)c1cccs1. The molecule has 5 heteroatoms. The van der Waals surface area contributed by atoms with Gasteiger partial charge in [0.25, 0.3) is 0 Å². The number of ether oxygens (including phenoxy) is 1. The number of thiophene rings is 1. The van der Waals surface area contributed by atoms with Crippen molar-refractivity contribution < 1.29 is 9.53 Å². The second kappa shape index (κ2) is 9.13. The third kappa shape index (κ3) is 5.39. The molecular weight excluding hydrogens is 332 g/mol. The number of hydrogen-bond donors (Lipinski definition) is 1. The first-order valence-corrected chi connectivity index (χ1v) is 9.75. The number of carbonyl (C=O) groups excluding carboxylic acids is 1. The van der Waals surface area contributed by atoms with Crippen LogP contribution in [0.15, 0.2) is 47.8 Å². The van der Waals surface area contributed by atoms with Crippen LogP contribution < -0.4 is 5.32 Å². The molecule has 0 amide bonds. The smallest absolute Gasteiger partial charge is 0.307 e. The molecule has 134 valence electrons. The van der Waals surface area contributed by atoms with Gasteiger partial charge in [-0.15, -0.1) is 11.3 Å². The van der Waals surface area contributed by atoms with Crippen LogP contribution >= 0.6 is 11.3 Å². The number of nitrogens with one attached hydrogen (secondary N) is 1. The van der Waals surface area contributed by atoms with Crippen molar-refractivity contribution in [2.24, 2.45) is 0 Å². The van der Waals surface area contributed by atoms with Gasteiger partial charge in [0.1, 0.15) is 0 Å². The van der Waals surface area contributed by atoms with Crippen LogP contribution in [0, 0.1) is 0 Å². The summed E-state index contributed by atoms with van der Waals surface area (Å²) in [6, 6.07) is 15.2. The first kappa shape index (κ1) is 18.1. The standard InChI is InChI=1S/C20H26N2O2S/c1-24-20(23)13-18(19-10-6-12-25-19)21-17-9-5-11-22(15-17)14-16-7-3-2-4-8-16/h2-4,6-8,10,12,17-18,21H,5,9,11,13-15H2,1H3. The van der Waals surface area contributed by atoms with Crippen LogP contribution in [0.25, 0.3) is 0 Å². The Kier molecular flexibility index (Phi) is 6.62. The largest absolute Gasteiger partial charge is 0.469 e. The lowest BCUT2D eigenvalue weighted by molar-refractivity contribution is -0.141. The van der Waals surface area contributed by atoms with Gasteiger partial charge in [-0.25, -0.2) is 0 Å². The summed E-state index contributed by atoms with van der Waals surface area (Å²) in [6.45, 7) is 3.13. The minimum atomic E-state index is -0.164. The third-order valence-electron chi connectivity index (χ3n) is 4.68. The van der Waals surface area contributed by atoms with Gasteiger partial charge in [-0.1, -0.05) is 36.4 Å². The summed E-state index contributed by atoms with van der Waals surface area (Å²) in [5.74, 6) is -0.164. The van der Waals surface area contributed by atoms with Crippen molar-refractivity contribution in [3.8, 4) is 0 Å². The Balaban J connectivity index is 1.60. The first-order chi connectivity index (χ1) is 12.2. The van der Waals surface area contributed by atoms with E-state index in [9.17, 15) is 4.79 Å². The van der Waals surface area contributed by atoms with Crippen molar-refractivity contribution in [2.45, 2.75) is 37.9 Å². The Morgan fingerprint density at radius 3 is 2.88 bits per heavy atom. The summed E-state index contributed by atoms with van der Waals surface area (Å²) in [5.41, 5.74) is 1.35. The lowest BCUT2D eigenvalue weighted by Gasteiger charge is -2.35. The van der Waals surface area contributed by atoms with Gasteiger partial charge in [0.15, 0.2) is 0 Å². The monoisotopic (exact) mass is 358 g/mol. The zero-order valence-corrected chi connectivity index (χ0v) is 15.5. The molecule has 0 bridgehead atoms. The number of piperidine rings is 1. The molecular formula is C20H26N2O2S.